The van der Waals surface area contributed by atoms with Crippen molar-refractivity contribution in [1.29, 1.82) is 0 Å². The number of pyridine rings is 1. The molecule has 0 fully saturated rings. The molecular weight excluding hydrogens is 330 g/mol. The standard InChI is InChI=1S/C15H15N5O3S/c16-24(22,23)13-5-3-4-11(8-13)19-15(21)17-9-12-10-20-7-2-1-6-14(20)18-12/h1-8,10H,9H2,(H2,16,22,23)(H2,17,19,21). The lowest BCUT2D eigenvalue weighted by Gasteiger charge is -2.07. The summed E-state index contributed by atoms with van der Waals surface area (Å²) in [5.74, 6) is 0. The molecule has 3 aromatic rings. The molecule has 2 aromatic heterocycles. The van der Waals surface area contributed by atoms with Gasteiger partial charge in [0.2, 0.25) is 10.0 Å². The number of nitrogens with one attached hydrogen (secondary N) is 2. The third-order valence-corrected chi connectivity index (χ3v) is 4.18. The number of anilines is 1. The van der Waals surface area contributed by atoms with Gasteiger partial charge in [-0.25, -0.2) is 23.3 Å². The van der Waals surface area contributed by atoms with Gasteiger partial charge >= 0.3 is 6.03 Å². The largest absolute Gasteiger partial charge is 0.332 e. The fourth-order valence-corrected chi connectivity index (χ4v) is 2.73. The minimum Gasteiger partial charge on any atom is -0.332 e. The Kier molecular flexibility index (Phi) is 4.19. The Labute approximate surface area is 138 Å². The van der Waals surface area contributed by atoms with Crippen LogP contribution in [0, 0.1) is 0 Å². The third-order valence-electron chi connectivity index (χ3n) is 3.26. The number of hydrogen-bond acceptors (Lipinski definition) is 4. The summed E-state index contributed by atoms with van der Waals surface area (Å²) < 4.78 is 24.5. The number of rotatable bonds is 4. The van der Waals surface area contributed by atoms with Crippen molar-refractivity contribution in [2.75, 3.05) is 5.32 Å². The number of urea groups is 1. The second-order valence-corrected chi connectivity index (χ2v) is 6.64. The molecule has 0 aliphatic carbocycles. The van der Waals surface area contributed by atoms with Crippen molar-refractivity contribution in [2.45, 2.75) is 11.4 Å². The van der Waals surface area contributed by atoms with Crippen LogP contribution in [0.4, 0.5) is 10.5 Å². The first-order chi connectivity index (χ1) is 11.4. The van der Waals surface area contributed by atoms with Gasteiger partial charge in [0.1, 0.15) is 5.65 Å². The number of nitrogens with zero attached hydrogens (tertiary/aromatic N) is 2. The van der Waals surface area contributed by atoms with Crippen LogP contribution in [0.15, 0.2) is 59.8 Å². The van der Waals surface area contributed by atoms with E-state index >= 15 is 0 Å². The van der Waals surface area contributed by atoms with Crippen LogP contribution in [0.25, 0.3) is 5.65 Å². The molecule has 0 saturated carbocycles. The molecule has 8 nitrogen and oxygen atoms in total. The number of amides is 2. The van der Waals surface area contributed by atoms with Crippen LogP contribution < -0.4 is 15.8 Å². The first-order valence-electron chi connectivity index (χ1n) is 7.02. The van der Waals surface area contributed by atoms with Crippen LogP contribution in [0.5, 0.6) is 0 Å². The van der Waals surface area contributed by atoms with Crippen molar-refractivity contribution in [3.63, 3.8) is 0 Å². The van der Waals surface area contributed by atoms with Gasteiger partial charge in [0.25, 0.3) is 0 Å². The number of carbonyl (C=O) groups excluding carboxylic acids is 1. The number of hydrogen-bond donors (Lipinski definition) is 3. The number of aromatic nitrogens is 2. The van der Waals surface area contributed by atoms with Crippen molar-refractivity contribution >= 4 is 27.4 Å². The maximum absolute atomic E-state index is 11.9. The average Bonchev–Trinajstić information content (AvgIpc) is 2.95. The van der Waals surface area contributed by atoms with E-state index in [1.807, 2.05) is 35.0 Å². The zero-order valence-corrected chi connectivity index (χ0v) is 13.3. The predicted octanol–water partition coefficient (Wildman–Crippen LogP) is 1.30. The number of imidazole rings is 1. The molecule has 24 heavy (non-hydrogen) atoms. The molecule has 0 radical (unpaired) electrons. The molecular formula is C15H15N5O3S. The number of primary sulfonamides is 1. The van der Waals surface area contributed by atoms with Gasteiger partial charge < -0.3 is 15.0 Å². The Hall–Kier alpha value is -2.91. The summed E-state index contributed by atoms with van der Waals surface area (Å²) in [6.45, 7) is 0.238. The van der Waals surface area contributed by atoms with Gasteiger partial charge in [-0.1, -0.05) is 12.1 Å². The van der Waals surface area contributed by atoms with Gasteiger partial charge in [-0.15, -0.1) is 0 Å². The van der Waals surface area contributed by atoms with Gasteiger partial charge in [-0.05, 0) is 30.3 Å². The van der Waals surface area contributed by atoms with E-state index < -0.39 is 16.1 Å². The first kappa shape index (κ1) is 16.0. The number of sulfonamides is 1. The fourth-order valence-electron chi connectivity index (χ4n) is 2.17. The zero-order valence-electron chi connectivity index (χ0n) is 12.5. The number of nitrogens with two attached hydrogens (primary N) is 1. The summed E-state index contributed by atoms with van der Waals surface area (Å²) >= 11 is 0. The zero-order chi connectivity index (χ0) is 17.2. The van der Waals surface area contributed by atoms with Crippen molar-refractivity contribution in [2.24, 2.45) is 5.14 Å². The summed E-state index contributed by atoms with van der Waals surface area (Å²) in [5.41, 5.74) is 1.82. The maximum Gasteiger partial charge on any atom is 0.319 e. The molecule has 0 spiro atoms. The van der Waals surface area contributed by atoms with Crippen molar-refractivity contribution < 1.29 is 13.2 Å². The van der Waals surface area contributed by atoms with Gasteiger partial charge in [0.05, 0.1) is 17.1 Å². The van der Waals surface area contributed by atoms with E-state index in [1.165, 1.54) is 18.2 Å². The van der Waals surface area contributed by atoms with Crippen LogP contribution in [0.3, 0.4) is 0 Å². The molecule has 2 amide bonds. The number of benzene rings is 1. The molecule has 0 saturated heterocycles. The molecule has 4 N–H and O–H groups in total. The van der Waals surface area contributed by atoms with E-state index in [4.69, 9.17) is 5.14 Å². The first-order valence-corrected chi connectivity index (χ1v) is 8.57. The summed E-state index contributed by atoms with van der Waals surface area (Å²) in [4.78, 5) is 16.2. The van der Waals surface area contributed by atoms with Crippen molar-refractivity contribution in [3.05, 3.63) is 60.6 Å². The Morgan fingerprint density at radius 1 is 1.21 bits per heavy atom. The van der Waals surface area contributed by atoms with E-state index in [0.29, 0.717) is 11.4 Å². The van der Waals surface area contributed by atoms with Crippen LogP contribution >= 0.6 is 0 Å². The monoisotopic (exact) mass is 345 g/mol. The summed E-state index contributed by atoms with van der Waals surface area (Å²) in [6, 6.07) is 10.9. The SMILES string of the molecule is NS(=O)(=O)c1cccc(NC(=O)NCc2cn3ccccc3n2)c1. The fraction of sp³-hybridized carbons (Fsp3) is 0.0667. The Bertz CT molecular complexity index is 964. The molecule has 2 heterocycles. The summed E-state index contributed by atoms with van der Waals surface area (Å²) in [5, 5.41) is 10.3. The molecule has 0 atom stereocenters. The second-order valence-electron chi connectivity index (χ2n) is 5.08. The van der Waals surface area contributed by atoms with Gasteiger partial charge in [-0.3, -0.25) is 0 Å². The maximum atomic E-state index is 11.9. The van der Waals surface area contributed by atoms with Crippen LogP contribution in [0.2, 0.25) is 0 Å². The van der Waals surface area contributed by atoms with Crippen LogP contribution in [-0.2, 0) is 16.6 Å². The highest BCUT2D eigenvalue weighted by Crippen LogP contribution is 2.14. The van der Waals surface area contributed by atoms with Gasteiger partial charge in [-0.2, -0.15) is 0 Å². The molecule has 9 heteroatoms. The molecule has 1 aromatic carbocycles. The minimum absolute atomic E-state index is 0.0688. The number of fused-ring (bicyclic) bond motifs is 1. The van der Waals surface area contributed by atoms with E-state index in [9.17, 15) is 13.2 Å². The lowest BCUT2D eigenvalue weighted by atomic mass is 10.3. The number of carbonyl (C=O) groups is 1. The van der Waals surface area contributed by atoms with E-state index in [0.717, 1.165) is 5.65 Å². The second kappa shape index (κ2) is 6.30. The summed E-state index contributed by atoms with van der Waals surface area (Å²) in [6.07, 6.45) is 3.68. The van der Waals surface area contributed by atoms with E-state index in [-0.39, 0.29) is 11.4 Å². The molecule has 0 bridgehead atoms. The Balaban J connectivity index is 1.63. The van der Waals surface area contributed by atoms with E-state index in [2.05, 4.69) is 15.6 Å². The Morgan fingerprint density at radius 2 is 2.04 bits per heavy atom. The normalized spacial score (nSPS) is 11.4. The minimum atomic E-state index is -3.82. The molecule has 124 valence electrons. The third kappa shape index (κ3) is 3.70. The van der Waals surface area contributed by atoms with E-state index in [1.54, 1.807) is 6.07 Å². The topological polar surface area (TPSA) is 119 Å². The Morgan fingerprint density at radius 3 is 2.79 bits per heavy atom. The quantitative estimate of drug-likeness (QED) is 0.660. The summed E-state index contributed by atoms with van der Waals surface area (Å²) in [7, 11) is -3.82. The van der Waals surface area contributed by atoms with Gasteiger partial charge in [0, 0.05) is 18.1 Å². The van der Waals surface area contributed by atoms with Crippen LogP contribution in [-0.4, -0.2) is 23.8 Å². The average molecular weight is 345 g/mol. The molecule has 0 unspecified atom stereocenters. The predicted molar refractivity (Wildman–Crippen MR) is 88.9 cm³/mol. The smallest absolute Gasteiger partial charge is 0.319 e. The van der Waals surface area contributed by atoms with Gasteiger partial charge in [0.15, 0.2) is 0 Å². The highest BCUT2D eigenvalue weighted by Gasteiger charge is 2.09. The van der Waals surface area contributed by atoms with Crippen molar-refractivity contribution in [1.82, 2.24) is 14.7 Å². The van der Waals surface area contributed by atoms with Crippen molar-refractivity contribution in [3.8, 4) is 0 Å². The molecule has 0 aliphatic rings. The lowest BCUT2D eigenvalue weighted by molar-refractivity contribution is 0.251. The highest BCUT2D eigenvalue weighted by atomic mass is 32.2. The molecule has 3 rings (SSSR count). The lowest BCUT2D eigenvalue weighted by Crippen LogP contribution is -2.28. The van der Waals surface area contributed by atoms with Crippen LogP contribution in [0.1, 0.15) is 5.69 Å². The molecule has 0 aliphatic heterocycles. The highest BCUT2D eigenvalue weighted by molar-refractivity contribution is 7.89.